The average molecular weight is 86.9 g/mol. The predicted molar refractivity (Wildman–Crippen MR) is 18.3 cm³/mol. The molecular weight excluding hydrogens is 82.8 g/mol. The van der Waals surface area contributed by atoms with Crippen LogP contribution in [0.4, 0.5) is 0 Å². The molecule has 0 aromatic carbocycles. The van der Waals surface area contributed by atoms with Crippen LogP contribution >= 0.6 is 0 Å². The summed E-state index contributed by atoms with van der Waals surface area (Å²) < 4.78 is 0. The van der Waals surface area contributed by atoms with Crippen molar-refractivity contribution >= 4 is 7.12 Å². The van der Waals surface area contributed by atoms with Gasteiger partial charge < -0.3 is 0 Å². The molecule has 33 valence electrons. The van der Waals surface area contributed by atoms with Gasteiger partial charge in [-0.25, -0.2) is 4.89 Å². The van der Waals surface area contributed by atoms with Gasteiger partial charge in [-0.2, -0.15) is 0 Å². The van der Waals surface area contributed by atoms with Crippen molar-refractivity contribution in [1.29, 1.82) is 0 Å². The Hall–Kier alpha value is -0.0551. The molecule has 0 amide bonds. The summed E-state index contributed by atoms with van der Waals surface area (Å²) in [5.41, 5.74) is 0. The normalized spacial score (nSPS) is 22.5. The molecule has 0 atom stereocenters. The first-order valence-corrected chi connectivity index (χ1v) is 1.83. The number of rotatable bonds is 0. The first-order chi connectivity index (χ1) is 2.89. The van der Waals surface area contributed by atoms with Crippen LogP contribution in [0.5, 0.6) is 0 Å². The predicted octanol–water partition coefficient (Wildman–Crippen LogP) is -0.133. The summed E-state index contributed by atoms with van der Waals surface area (Å²) >= 11 is 0. The van der Waals surface area contributed by atoms with Gasteiger partial charge in [0, 0.05) is 6.32 Å². The van der Waals surface area contributed by atoms with Gasteiger partial charge in [0.2, 0.25) is 0 Å². The lowest BCUT2D eigenvalue weighted by Crippen LogP contribution is -2.04. The van der Waals surface area contributed by atoms with Crippen LogP contribution in [-0.2, 0) is 14.7 Å². The maximum absolute atomic E-state index is 9.98. The standard InChI is InChI=1S/C2H4BO3/c4-3-1-2-5-6-3/h1-2H2. The van der Waals surface area contributed by atoms with E-state index >= 15 is 0 Å². The Labute approximate surface area is 35.9 Å². The van der Waals surface area contributed by atoms with Crippen molar-refractivity contribution in [3.63, 3.8) is 0 Å². The van der Waals surface area contributed by atoms with Crippen molar-refractivity contribution in [2.75, 3.05) is 6.61 Å². The first kappa shape index (κ1) is 4.11. The van der Waals surface area contributed by atoms with E-state index < -0.39 is 7.12 Å². The van der Waals surface area contributed by atoms with Gasteiger partial charge in [0.15, 0.2) is 0 Å². The van der Waals surface area contributed by atoms with Crippen molar-refractivity contribution < 1.29 is 14.7 Å². The SMILES string of the molecule is [O]B1CCOO1. The molecule has 4 heteroatoms. The molecule has 1 rings (SSSR count). The van der Waals surface area contributed by atoms with Crippen molar-refractivity contribution in [2.24, 2.45) is 0 Å². The lowest BCUT2D eigenvalue weighted by Gasteiger charge is -1.82. The van der Waals surface area contributed by atoms with E-state index in [1.165, 1.54) is 0 Å². The Morgan fingerprint density at radius 1 is 1.67 bits per heavy atom. The van der Waals surface area contributed by atoms with E-state index in [1.807, 2.05) is 0 Å². The van der Waals surface area contributed by atoms with Crippen LogP contribution in [0.1, 0.15) is 0 Å². The van der Waals surface area contributed by atoms with Gasteiger partial charge in [0.05, 0.1) is 6.61 Å². The van der Waals surface area contributed by atoms with Crippen LogP contribution in [0.3, 0.4) is 0 Å². The van der Waals surface area contributed by atoms with E-state index in [0.717, 1.165) is 0 Å². The monoisotopic (exact) mass is 87.0 g/mol. The fourth-order valence-corrected chi connectivity index (χ4v) is 0.316. The molecule has 1 aliphatic rings. The quantitative estimate of drug-likeness (QED) is 0.304. The van der Waals surface area contributed by atoms with Gasteiger partial charge in [-0.15, -0.1) is 0 Å². The molecule has 3 nitrogen and oxygen atoms in total. The highest BCUT2D eigenvalue weighted by Gasteiger charge is 2.22. The van der Waals surface area contributed by atoms with E-state index in [9.17, 15) is 5.02 Å². The third-order valence-corrected chi connectivity index (χ3v) is 0.612. The maximum Gasteiger partial charge on any atom is 0.521 e. The molecule has 0 bridgehead atoms. The Morgan fingerprint density at radius 3 is 2.67 bits per heavy atom. The number of hydrogen-bond acceptors (Lipinski definition) is 2. The van der Waals surface area contributed by atoms with Crippen LogP contribution in [0, 0.1) is 0 Å². The molecule has 0 saturated carbocycles. The first-order valence-electron chi connectivity index (χ1n) is 1.83. The van der Waals surface area contributed by atoms with E-state index in [2.05, 4.69) is 9.69 Å². The van der Waals surface area contributed by atoms with Gasteiger partial charge in [-0.05, 0) is 0 Å². The van der Waals surface area contributed by atoms with Crippen LogP contribution in [0.25, 0.3) is 0 Å². The summed E-state index contributed by atoms with van der Waals surface area (Å²) in [6.07, 6.45) is 0.486. The smallest absolute Gasteiger partial charge is 0.273 e. The maximum atomic E-state index is 9.98. The molecule has 0 aliphatic carbocycles. The topological polar surface area (TPSA) is 38.4 Å². The van der Waals surface area contributed by atoms with E-state index in [-0.39, 0.29) is 0 Å². The van der Waals surface area contributed by atoms with E-state index in [4.69, 9.17) is 0 Å². The molecule has 1 aliphatic heterocycles. The summed E-state index contributed by atoms with van der Waals surface area (Å²) in [5.74, 6) is 0. The molecular formula is C2H4BO3. The summed E-state index contributed by atoms with van der Waals surface area (Å²) in [4.78, 5) is 8.34. The van der Waals surface area contributed by atoms with Crippen molar-refractivity contribution in [3.8, 4) is 0 Å². The lowest BCUT2D eigenvalue weighted by atomic mass is 9.88. The minimum Gasteiger partial charge on any atom is -0.273 e. The molecule has 0 N–H and O–H groups in total. The second-order valence-corrected chi connectivity index (χ2v) is 1.14. The lowest BCUT2D eigenvalue weighted by molar-refractivity contribution is -0.195. The fourth-order valence-electron chi connectivity index (χ4n) is 0.316. The van der Waals surface area contributed by atoms with Crippen LogP contribution < -0.4 is 0 Å². The third kappa shape index (κ3) is 0.709. The van der Waals surface area contributed by atoms with Gasteiger partial charge in [0.1, 0.15) is 0 Å². The van der Waals surface area contributed by atoms with Crippen LogP contribution in [0.2, 0.25) is 6.32 Å². The van der Waals surface area contributed by atoms with Crippen molar-refractivity contribution in [1.82, 2.24) is 0 Å². The molecule has 0 unspecified atom stereocenters. The minimum absolute atomic E-state index is 0.453. The summed E-state index contributed by atoms with van der Waals surface area (Å²) in [7, 11) is -0.926. The minimum atomic E-state index is -0.926. The van der Waals surface area contributed by atoms with Gasteiger partial charge >= 0.3 is 7.12 Å². The highest BCUT2D eigenvalue weighted by atomic mass is 17.2. The van der Waals surface area contributed by atoms with E-state index in [0.29, 0.717) is 12.9 Å². The molecule has 1 saturated heterocycles. The van der Waals surface area contributed by atoms with Crippen molar-refractivity contribution in [2.45, 2.75) is 6.32 Å². The zero-order valence-electron chi connectivity index (χ0n) is 3.22. The van der Waals surface area contributed by atoms with Gasteiger partial charge in [-0.1, -0.05) is 0 Å². The molecule has 0 aromatic rings. The highest BCUT2D eigenvalue weighted by Crippen LogP contribution is 2.01. The average Bonchev–Trinajstić information content (AvgIpc) is 1.86. The van der Waals surface area contributed by atoms with Crippen molar-refractivity contribution in [3.05, 3.63) is 0 Å². The molecule has 1 radical (unpaired) electrons. The molecule has 6 heavy (non-hydrogen) atoms. The second kappa shape index (κ2) is 1.60. The van der Waals surface area contributed by atoms with Crippen LogP contribution in [0.15, 0.2) is 0 Å². The summed E-state index contributed by atoms with van der Waals surface area (Å²) in [5, 5.41) is 9.98. The zero-order chi connectivity index (χ0) is 4.41. The largest absolute Gasteiger partial charge is 0.521 e. The van der Waals surface area contributed by atoms with Gasteiger partial charge in [0.25, 0.3) is 0 Å². The Kier molecular flexibility index (Phi) is 1.09. The van der Waals surface area contributed by atoms with Crippen LogP contribution in [-0.4, -0.2) is 13.7 Å². The third-order valence-electron chi connectivity index (χ3n) is 0.612. The molecule has 0 aromatic heterocycles. The zero-order valence-corrected chi connectivity index (χ0v) is 3.22. The van der Waals surface area contributed by atoms with Gasteiger partial charge in [-0.3, -0.25) is 9.83 Å². The fraction of sp³-hybridized carbons (Fsp3) is 1.00. The van der Waals surface area contributed by atoms with E-state index in [1.54, 1.807) is 0 Å². The Balaban J connectivity index is 2.18. The molecule has 1 heterocycles. The highest BCUT2D eigenvalue weighted by molar-refractivity contribution is 6.42. The second-order valence-electron chi connectivity index (χ2n) is 1.14. The number of hydrogen-bond donors (Lipinski definition) is 0. The Bertz CT molecular complexity index is 42.1. The Morgan fingerprint density at radius 2 is 2.50 bits per heavy atom. The molecule has 1 fully saturated rings. The summed E-state index contributed by atoms with van der Waals surface area (Å²) in [6.45, 7) is 0.453. The summed E-state index contributed by atoms with van der Waals surface area (Å²) in [6, 6.07) is 0. The molecule has 0 spiro atoms.